The molecule has 1 atom stereocenters. The van der Waals surface area contributed by atoms with E-state index in [1.54, 1.807) is 12.1 Å². The molecule has 2 nitrogen and oxygen atoms in total. The molecule has 14 heavy (non-hydrogen) atoms. The van der Waals surface area contributed by atoms with Crippen LogP contribution in [0.3, 0.4) is 0 Å². The first-order chi connectivity index (χ1) is 6.15. The number of hydrogen-bond donors (Lipinski definition) is 1. The van der Waals surface area contributed by atoms with Gasteiger partial charge >= 0.3 is 0 Å². The summed E-state index contributed by atoms with van der Waals surface area (Å²) >= 11 is 0. The lowest BCUT2D eigenvalue weighted by atomic mass is 10.1. The molecule has 0 aliphatic carbocycles. The molecule has 80 valence electrons. The first-order valence-electron chi connectivity index (χ1n) is 4.33. The van der Waals surface area contributed by atoms with Crippen LogP contribution in [-0.4, -0.2) is 6.61 Å². The third-order valence-electron chi connectivity index (χ3n) is 1.78. The molecule has 0 aliphatic rings. The molecule has 0 aromatic heterocycles. The average Bonchev–Trinajstić information content (AvgIpc) is 2.08. The molecule has 0 saturated heterocycles. The number of nitrogens with two attached hydrogens (primary N) is 1. The smallest absolute Gasteiger partial charge is 0.165 e. The minimum atomic E-state index is -0.350. The summed E-state index contributed by atoms with van der Waals surface area (Å²) in [4.78, 5) is 0. The second-order valence-electron chi connectivity index (χ2n) is 2.91. The highest BCUT2D eigenvalue weighted by Crippen LogP contribution is 2.20. The van der Waals surface area contributed by atoms with E-state index in [-0.39, 0.29) is 30.0 Å². The van der Waals surface area contributed by atoms with Crippen molar-refractivity contribution in [2.75, 3.05) is 6.61 Å². The first-order valence-corrected chi connectivity index (χ1v) is 4.33. The van der Waals surface area contributed by atoms with E-state index in [1.807, 2.05) is 13.8 Å². The zero-order valence-electron chi connectivity index (χ0n) is 8.29. The van der Waals surface area contributed by atoms with Gasteiger partial charge in [-0.25, -0.2) is 4.39 Å². The van der Waals surface area contributed by atoms with E-state index in [0.29, 0.717) is 6.61 Å². The highest BCUT2D eigenvalue weighted by molar-refractivity contribution is 5.85. The van der Waals surface area contributed by atoms with E-state index < -0.39 is 0 Å². The lowest BCUT2D eigenvalue weighted by Crippen LogP contribution is -2.05. The van der Waals surface area contributed by atoms with Gasteiger partial charge in [-0.2, -0.15) is 0 Å². The molecule has 0 amide bonds. The van der Waals surface area contributed by atoms with Gasteiger partial charge in [0, 0.05) is 6.04 Å². The number of halogens is 2. The van der Waals surface area contributed by atoms with Crippen molar-refractivity contribution in [1.29, 1.82) is 0 Å². The maximum Gasteiger partial charge on any atom is 0.165 e. The van der Waals surface area contributed by atoms with Crippen LogP contribution < -0.4 is 10.5 Å². The summed E-state index contributed by atoms with van der Waals surface area (Å²) in [6.45, 7) is 4.10. The standard InChI is InChI=1S/C10H14FNO.ClH/c1-3-13-10-5-4-8(7(2)12)6-9(10)11;/h4-7H,3,12H2,1-2H3;1H/t7-;/m1./s1. The fourth-order valence-corrected chi connectivity index (χ4v) is 1.07. The number of benzene rings is 1. The summed E-state index contributed by atoms with van der Waals surface area (Å²) in [5.41, 5.74) is 6.38. The first kappa shape index (κ1) is 13.2. The highest BCUT2D eigenvalue weighted by Gasteiger charge is 2.06. The summed E-state index contributed by atoms with van der Waals surface area (Å²) < 4.78 is 18.3. The Kier molecular flexibility index (Phi) is 5.50. The molecular weight excluding hydrogens is 205 g/mol. The van der Waals surface area contributed by atoms with E-state index >= 15 is 0 Å². The van der Waals surface area contributed by atoms with Crippen LogP contribution in [0.15, 0.2) is 18.2 Å². The molecule has 1 aromatic rings. The summed E-state index contributed by atoms with van der Waals surface area (Å²) in [7, 11) is 0. The minimum Gasteiger partial charge on any atom is -0.491 e. The Morgan fingerprint density at radius 3 is 2.57 bits per heavy atom. The minimum absolute atomic E-state index is 0. The van der Waals surface area contributed by atoms with Gasteiger partial charge in [-0.05, 0) is 31.5 Å². The van der Waals surface area contributed by atoms with Crippen molar-refractivity contribution in [2.45, 2.75) is 19.9 Å². The summed E-state index contributed by atoms with van der Waals surface area (Å²) in [6, 6.07) is 4.65. The zero-order valence-corrected chi connectivity index (χ0v) is 9.10. The SMILES string of the molecule is CCOc1ccc([C@@H](C)N)cc1F.Cl. The summed E-state index contributed by atoms with van der Waals surface area (Å²) in [5.74, 6) is -0.0662. The molecule has 0 radical (unpaired) electrons. The van der Waals surface area contributed by atoms with E-state index in [4.69, 9.17) is 10.5 Å². The van der Waals surface area contributed by atoms with Crippen molar-refractivity contribution in [3.05, 3.63) is 29.6 Å². The van der Waals surface area contributed by atoms with Crippen LogP contribution in [0, 0.1) is 5.82 Å². The van der Waals surface area contributed by atoms with Crippen LogP contribution in [0.5, 0.6) is 5.75 Å². The van der Waals surface area contributed by atoms with Crippen molar-refractivity contribution in [2.24, 2.45) is 5.73 Å². The second kappa shape index (κ2) is 5.83. The Bertz CT molecular complexity index is 291. The molecule has 0 aliphatic heterocycles. The number of hydrogen-bond acceptors (Lipinski definition) is 2. The predicted octanol–water partition coefficient (Wildman–Crippen LogP) is 2.67. The van der Waals surface area contributed by atoms with E-state index in [0.717, 1.165) is 5.56 Å². The lowest BCUT2D eigenvalue weighted by Gasteiger charge is -2.08. The normalized spacial score (nSPS) is 11.7. The van der Waals surface area contributed by atoms with Crippen LogP contribution in [0.4, 0.5) is 4.39 Å². The maximum absolute atomic E-state index is 13.2. The third kappa shape index (κ3) is 3.16. The van der Waals surface area contributed by atoms with Gasteiger partial charge in [0.15, 0.2) is 11.6 Å². The van der Waals surface area contributed by atoms with E-state index in [9.17, 15) is 4.39 Å². The molecule has 4 heteroatoms. The topological polar surface area (TPSA) is 35.2 Å². The van der Waals surface area contributed by atoms with Gasteiger partial charge in [-0.3, -0.25) is 0 Å². The van der Waals surface area contributed by atoms with Crippen molar-refractivity contribution in [1.82, 2.24) is 0 Å². The molecule has 0 heterocycles. The third-order valence-corrected chi connectivity index (χ3v) is 1.78. The molecule has 0 fully saturated rings. The van der Waals surface area contributed by atoms with Gasteiger partial charge in [0.25, 0.3) is 0 Å². The van der Waals surface area contributed by atoms with Crippen molar-refractivity contribution in [3.63, 3.8) is 0 Å². The molecule has 0 bridgehead atoms. The fourth-order valence-electron chi connectivity index (χ4n) is 1.07. The van der Waals surface area contributed by atoms with Crippen molar-refractivity contribution in [3.8, 4) is 5.75 Å². The van der Waals surface area contributed by atoms with Crippen LogP contribution >= 0.6 is 12.4 Å². The Labute approximate surface area is 89.7 Å². The quantitative estimate of drug-likeness (QED) is 0.849. The van der Waals surface area contributed by atoms with Crippen LogP contribution in [0.25, 0.3) is 0 Å². The van der Waals surface area contributed by atoms with Crippen molar-refractivity contribution < 1.29 is 9.13 Å². The van der Waals surface area contributed by atoms with Crippen molar-refractivity contribution >= 4 is 12.4 Å². The molecule has 2 N–H and O–H groups in total. The van der Waals surface area contributed by atoms with Gasteiger partial charge in [0.05, 0.1) is 6.61 Å². The molecule has 1 rings (SSSR count). The molecule has 1 aromatic carbocycles. The Hall–Kier alpha value is -0.800. The van der Waals surface area contributed by atoms with Gasteiger partial charge in [-0.1, -0.05) is 6.07 Å². The number of ether oxygens (including phenoxy) is 1. The molecular formula is C10H15ClFNO. The van der Waals surface area contributed by atoms with E-state index in [2.05, 4.69) is 0 Å². The van der Waals surface area contributed by atoms with Crippen LogP contribution in [0.1, 0.15) is 25.5 Å². The van der Waals surface area contributed by atoms with Gasteiger partial charge in [0.2, 0.25) is 0 Å². The van der Waals surface area contributed by atoms with Gasteiger partial charge in [-0.15, -0.1) is 12.4 Å². The average molecular weight is 220 g/mol. The Morgan fingerprint density at radius 1 is 1.50 bits per heavy atom. The Balaban J connectivity index is 0.00000169. The molecule has 0 spiro atoms. The van der Waals surface area contributed by atoms with Crippen LogP contribution in [0.2, 0.25) is 0 Å². The van der Waals surface area contributed by atoms with Gasteiger partial charge in [0.1, 0.15) is 0 Å². The number of rotatable bonds is 3. The van der Waals surface area contributed by atoms with E-state index in [1.165, 1.54) is 6.07 Å². The summed E-state index contributed by atoms with van der Waals surface area (Å²) in [5, 5.41) is 0. The molecule has 0 unspecified atom stereocenters. The Morgan fingerprint density at radius 2 is 2.14 bits per heavy atom. The van der Waals surface area contributed by atoms with Crippen LogP contribution in [-0.2, 0) is 0 Å². The zero-order chi connectivity index (χ0) is 9.84. The monoisotopic (exact) mass is 219 g/mol. The second-order valence-corrected chi connectivity index (χ2v) is 2.91. The molecule has 0 saturated carbocycles. The predicted molar refractivity (Wildman–Crippen MR) is 57.4 cm³/mol. The summed E-state index contributed by atoms with van der Waals surface area (Å²) in [6.07, 6.45) is 0. The lowest BCUT2D eigenvalue weighted by molar-refractivity contribution is 0.321. The highest BCUT2D eigenvalue weighted by atomic mass is 35.5. The van der Waals surface area contributed by atoms with Gasteiger partial charge < -0.3 is 10.5 Å². The maximum atomic E-state index is 13.2. The fraction of sp³-hybridized carbons (Fsp3) is 0.400. The largest absolute Gasteiger partial charge is 0.491 e.